The lowest BCUT2D eigenvalue weighted by Gasteiger charge is -2.37. The molecular formula is C46H33N5. The quantitative estimate of drug-likeness (QED) is 0.205. The topological polar surface area (TPSA) is 55.6 Å². The van der Waals surface area contributed by atoms with Gasteiger partial charge in [-0.3, -0.25) is 4.57 Å². The molecule has 1 N–H and O–H groups in total. The lowest BCUT2D eigenvalue weighted by molar-refractivity contribution is 0.639. The molecule has 2 aromatic heterocycles. The molecule has 0 bridgehead atoms. The monoisotopic (exact) mass is 655 g/mol. The molecule has 0 saturated carbocycles. The molecule has 0 spiro atoms. The maximum Gasteiger partial charge on any atom is 0.238 e. The first kappa shape index (κ1) is 29.3. The predicted molar refractivity (Wildman–Crippen MR) is 210 cm³/mol. The van der Waals surface area contributed by atoms with Crippen molar-refractivity contribution in [3.05, 3.63) is 169 Å². The molecular weight excluding hydrogens is 623 g/mol. The highest BCUT2D eigenvalue weighted by atomic mass is 15.2. The number of rotatable bonds is 4. The second-order valence-corrected chi connectivity index (χ2v) is 13.8. The maximum atomic E-state index is 5.11. The second kappa shape index (κ2) is 11.2. The van der Waals surface area contributed by atoms with Gasteiger partial charge in [-0.25, -0.2) is 4.98 Å². The molecule has 0 fully saturated rings. The summed E-state index contributed by atoms with van der Waals surface area (Å²) >= 11 is 0. The summed E-state index contributed by atoms with van der Waals surface area (Å²) in [4.78, 5) is 15.2. The normalized spacial score (nSPS) is 13.2. The van der Waals surface area contributed by atoms with Crippen LogP contribution in [0.15, 0.2) is 158 Å². The molecule has 51 heavy (non-hydrogen) atoms. The summed E-state index contributed by atoms with van der Waals surface area (Å²) < 4.78 is 2.18. The van der Waals surface area contributed by atoms with Gasteiger partial charge in [-0.2, -0.15) is 9.97 Å². The highest BCUT2D eigenvalue weighted by Gasteiger charge is 2.34. The fourth-order valence-electron chi connectivity index (χ4n) is 7.91. The first-order valence-electron chi connectivity index (χ1n) is 17.4. The van der Waals surface area contributed by atoms with Crippen LogP contribution in [0, 0.1) is 0 Å². The van der Waals surface area contributed by atoms with Gasteiger partial charge in [0.05, 0.1) is 16.7 Å². The predicted octanol–water partition coefficient (Wildman–Crippen LogP) is 11.5. The van der Waals surface area contributed by atoms with Crippen LogP contribution >= 0.6 is 0 Å². The van der Waals surface area contributed by atoms with Gasteiger partial charge in [0.15, 0.2) is 11.6 Å². The Bertz CT molecular complexity index is 2740. The lowest BCUT2D eigenvalue weighted by Crippen LogP contribution is -2.26. The van der Waals surface area contributed by atoms with E-state index in [1.807, 2.05) is 60.7 Å². The summed E-state index contributed by atoms with van der Waals surface area (Å²) in [7, 11) is 0. The van der Waals surface area contributed by atoms with Crippen LogP contribution in [0.1, 0.15) is 25.0 Å². The molecule has 10 rings (SSSR count). The van der Waals surface area contributed by atoms with Crippen molar-refractivity contribution in [2.24, 2.45) is 0 Å². The Morgan fingerprint density at radius 1 is 0.471 bits per heavy atom. The van der Waals surface area contributed by atoms with E-state index in [1.54, 1.807) is 0 Å². The van der Waals surface area contributed by atoms with Gasteiger partial charge in [0.25, 0.3) is 0 Å². The van der Waals surface area contributed by atoms with E-state index in [4.69, 9.17) is 15.0 Å². The summed E-state index contributed by atoms with van der Waals surface area (Å²) in [5.74, 6) is 1.87. The Balaban J connectivity index is 1.21. The zero-order valence-corrected chi connectivity index (χ0v) is 28.3. The molecule has 242 valence electrons. The number of hydrogen-bond acceptors (Lipinski definition) is 4. The third-order valence-corrected chi connectivity index (χ3v) is 10.4. The van der Waals surface area contributed by atoms with Crippen molar-refractivity contribution in [3.8, 4) is 39.9 Å². The molecule has 5 nitrogen and oxygen atoms in total. The van der Waals surface area contributed by atoms with Crippen molar-refractivity contribution in [1.82, 2.24) is 19.5 Å². The third-order valence-electron chi connectivity index (χ3n) is 10.4. The molecule has 0 amide bonds. The molecule has 5 heteroatoms. The number of nitrogens with one attached hydrogen (secondary N) is 1. The van der Waals surface area contributed by atoms with Crippen LogP contribution in [0.4, 0.5) is 11.4 Å². The minimum atomic E-state index is -0.179. The molecule has 7 aromatic carbocycles. The Hall–Kier alpha value is -6.59. The smallest absolute Gasteiger partial charge is 0.238 e. The summed E-state index contributed by atoms with van der Waals surface area (Å²) in [5.41, 5.74) is 11.2. The Kier molecular flexibility index (Phi) is 6.46. The van der Waals surface area contributed by atoms with Gasteiger partial charge in [-0.1, -0.05) is 141 Å². The van der Waals surface area contributed by atoms with Gasteiger partial charge in [0.2, 0.25) is 5.95 Å². The van der Waals surface area contributed by atoms with Crippen molar-refractivity contribution >= 4 is 44.0 Å². The van der Waals surface area contributed by atoms with Crippen LogP contribution in [-0.2, 0) is 5.41 Å². The lowest BCUT2D eigenvalue weighted by atomic mass is 9.72. The summed E-state index contributed by atoms with van der Waals surface area (Å²) in [5, 5.41) is 8.55. The highest BCUT2D eigenvalue weighted by Crippen LogP contribution is 2.50. The highest BCUT2D eigenvalue weighted by molar-refractivity contribution is 6.12. The fraction of sp³-hybridized carbons (Fsp3) is 0.0652. The van der Waals surface area contributed by atoms with Crippen LogP contribution in [0.5, 0.6) is 0 Å². The fourth-order valence-corrected chi connectivity index (χ4v) is 7.91. The average Bonchev–Trinajstić information content (AvgIpc) is 3.52. The molecule has 9 aromatic rings. The van der Waals surface area contributed by atoms with E-state index in [9.17, 15) is 0 Å². The van der Waals surface area contributed by atoms with E-state index < -0.39 is 0 Å². The number of hydrogen-bond donors (Lipinski definition) is 1. The number of anilines is 2. The van der Waals surface area contributed by atoms with Gasteiger partial charge in [-0.15, -0.1) is 0 Å². The summed E-state index contributed by atoms with van der Waals surface area (Å²) in [6.45, 7) is 4.67. The van der Waals surface area contributed by atoms with Crippen molar-refractivity contribution in [2.75, 3.05) is 5.32 Å². The van der Waals surface area contributed by atoms with Crippen LogP contribution in [0.25, 0.3) is 72.4 Å². The number of benzene rings is 7. The van der Waals surface area contributed by atoms with Gasteiger partial charge >= 0.3 is 0 Å². The Morgan fingerprint density at radius 2 is 1.06 bits per heavy atom. The van der Waals surface area contributed by atoms with Crippen molar-refractivity contribution in [1.29, 1.82) is 0 Å². The summed E-state index contributed by atoms with van der Waals surface area (Å²) in [6, 6.07) is 55.5. The van der Waals surface area contributed by atoms with E-state index in [-0.39, 0.29) is 5.41 Å². The zero-order chi connectivity index (χ0) is 34.1. The molecule has 0 aliphatic carbocycles. The van der Waals surface area contributed by atoms with Gasteiger partial charge in [-0.05, 0) is 58.0 Å². The molecule has 0 saturated heterocycles. The van der Waals surface area contributed by atoms with Crippen LogP contribution < -0.4 is 5.32 Å². The first-order valence-corrected chi connectivity index (χ1v) is 17.4. The largest absolute Gasteiger partial charge is 0.355 e. The number of para-hydroxylation sites is 2. The van der Waals surface area contributed by atoms with Crippen molar-refractivity contribution in [2.45, 2.75) is 19.3 Å². The summed E-state index contributed by atoms with van der Waals surface area (Å²) in [6.07, 6.45) is 0. The van der Waals surface area contributed by atoms with Crippen LogP contribution in [0.3, 0.4) is 0 Å². The van der Waals surface area contributed by atoms with Crippen molar-refractivity contribution in [3.63, 3.8) is 0 Å². The maximum absolute atomic E-state index is 5.11. The third kappa shape index (κ3) is 4.59. The molecule has 0 atom stereocenters. The number of nitrogens with zero attached hydrogens (tertiary/aromatic N) is 4. The molecule has 0 radical (unpaired) electrons. The minimum Gasteiger partial charge on any atom is -0.355 e. The molecule has 3 heterocycles. The zero-order valence-electron chi connectivity index (χ0n) is 28.3. The van der Waals surface area contributed by atoms with Crippen molar-refractivity contribution < 1.29 is 0 Å². The molecule has 1 aliphatic rings. The number of aromatic nitrogens is 4. The minimum absolute atomic E-state index is 0.179. The standard InChI is InChI=1S/C46H33N5/c1-46(2)37-22-12-13-23-39(37)47-42-34-21-10-9-19-32(34)35(28-38(42)46)31-25-26-41-36(27-31)33-20-11-14-24-40(33)51(41)45-49-43(29-15-5-3-6-16-29)48-44(50-45)30-17-7-4-8-18-30/h3-28,47H,1-2H3. The van der Waals surface area contributed by atoms with E-state index in [1.165, 1.54) is 44.4 Å². The molecule has 0 unspecified atom stereocenters. The Labute approximate surface area is 295 Å². The van der Waals surface area contributed by atoms with E-state index in [2.05, 4.69) is 121 Å². The van der Waals surface area contributed by atoms with E-state index in [0.29, 0.717) is 17.6 Å². The Morgan fingerprint density at radius 3 is 1.78 bits per heavy atom. The van der Waals surface area contributed by atoms with Crippen LogP contribution in [0.2, 0.25) is 0 Å². The average molecular weight is 656 g/mol. The SMILES string of the molecule is CC1(C)c2ccccc2Nc2c1cc(-c1ccc3c(c1)c1ccccc1n3-c1nc(-c3ccccc3)nc(-c3ccccc3)n1)c1ccccc21. The van der Waals surface area contributed by atoms with E-state index >= 15 is 0 Å². The van der Waals surface area contributed by atoms with Crippen LogP contribution in [-0.4, -0.2) is 19.5 Å². The van der Waals surface area contributed by atoms with Gasteiger partial charge in [0.1, 0.15) is 0 Å². The first-order chi connectivity index (χ1) is 25.0. The second-order valence-electron chi connectivity index (χ2n) is 13.8. The van der Waals surface area contributed by atoms with Gasteiger partial charge in [0, 0.05) is 38.4 Å². The van der Waals surface area contributed by atoms with E-state index in [0.717, 1.165) is 32.9 Å². The number of fused-ring (bicyclic) bond motifs is 7. The van der Waals surface area contributed by atoms with Gasteiger partial charge < -0.3 is 5.32 Å². The molecule has 1 aliphatic heterocycles.